The van der Waals surface area contributed by atoms with Gasteiger partial charge in [-0.2, -0.15) is 0 Å². The van der Waals surface area contributed by atoms with E-state index in [0.717, 1.165) is 26.3 Å². The first-order chi connectivity index (χ1) is 10.4. The number of hydrogen-bond acceptors (Lipinski definition) is 3. The minimum atomic E-state index is 0.257. The monoisotopic (exact) mass is 296 g/mol. The maximum absolute atomic E-state index is 6.32. The van der Waals surface area contributed by atoms with Crippen LogP contribution < -0.4 is 5.73 Å². The van der Waals surface area contributed by atoms with Gasteiger partial charge in [0.15, 0.2) is 0 Å². The molecule has 0 aromatic carbocycles. The van der Waals surface area contributed by atoms with Crippen molar-refractivity contribution in [2.24, 2.45) is 5.73 Å². The van der Waals surface area contributed by atoms with Gasteiger partial charge in [0.2, 0.25) is 0 Å². The van der Waals surface area contributed by atoms with E-state index in [1.165, 1.54) is 83.6 Å². The van der Waals surface area contributed by atoms with Crippen LogP contribution in [0.15, 0.2) is 0 Å². The molecule has 0 spiro atoms. The summed E-state index contributed by atoms with van der Waals surface area (Å²) in [4.78, 5) is 2.69. The standard InChI is InChI=1S/C18H36N2O/c19-17-18(20-13-10-15-21-16-14-20)11-8-6-4-2-1-3-5-7-9-12-18/h1-17,19H2. The molecule has 0 radical (unpaired) electrons. The average molecular weight is 296 g/mol. The number of rotatable bonds is 2. The molecule has 2 aliphatic rings. The molecule has 0 bridgehead atoms. The molecule has 1 saturated heterocycles. The second kappa shape index (κ2) is 9.81. The number of hydrogen-bond donors (Lipinski definition) is 1. The zero-order valence-corrected chi connectivity index (χ0v) is 14.0. The van der Waals surface area contributed by atoms with Crippen LogP contribution in [-0.2, 0) is 4.74 Å². The van der Waals surface area contributed by atoms with Gasteiger partial charge in [-0.25, -0.2) is 0 Å². The molecule has 0 aromatic heterocycles. The maximum Gasteiger partial charge on any atom is 0.0593 e. The molecule has 21 heavy (non-hydrogen) atoms. The topological polar surface area (TPSA) is 38.5 Å². The maximum atomic E-state index is 6.32. The minimum absolute atomic E-state index is 0.257. The quantitative estimate of drug-likeness (QED) is 0.844. The summed E-state index contributed by atoms with van der Waals surface area (Å²) in [6.45, 7) is 4.90. The second-order valence-electron chi connectivity index (χ2n) is 7.06. The van der Waals surface area contributed by atoms with Crippen LogP contribution in [0.1, 0.15) is 77.0 Å². The van der Waals surface area contributed by atoms with Crippen LogP contribution in [0, 0.1) is 0 Å². The first-order valence-corrected chi connectivity index (χ1v) is 9.40. The van der Waals surface area contributed by atoms with Crippen LogP contribution in [0.25, 0.3) is 0 Å². The Bertz CT molecular complexity index is 250. The van der Waals surface area contributed by atoms with E-state index < -0.39 is 0 Å². The highest BCUT2D eigenvalue weighted by Crippen LogP contribution is 2.30. The molecule has 1 heterocycles. The van der Waals surface area contributed by atoms with Crippen LogP contribution in [0.3, 0.4) is 0 Å². The molecule has 1 aliphatic carbocycles. The number of ether oxygens (including phenoxy) is 1. The number of nitrogens with zero attached hydrogens (tertiary/aromatic N) is 1. The van der Waals surface area contributed by atoms with Crippen molar-refractivity contribution in [1.82, 2.24) is 4.90 Å². The fourth-order valence-electron chi connectivity index (χ4n) is 4.14. The summed E-state index contributed by atoms with van der Waals surface area (Å²) in [5, 5.41) is 0. The van der Waals surface area contributed by atoms with Crippen molar-refractivity contribution in [3.05, 3.63) is 0 Å². The first kappa shape index (κ1) is 17.2. The molecule has 0 unspecified atom stereocenters. The fraction of sp³-hybridized carbons (Fsp3) is 1.00. The molecule has 2 N–H and O–H groups in total. The highest BCUT2D eigenvalue weighted by molar-refractivity contribution is 4.92. The molecule has 2 fully saturated rings. The molecule has 0 atom stereocenters. The minimum Gasteiger partial charge on any atom is -0.380 e. The van der Waals surface area contributed by atoms with Gasteiger partial charge < -0.3 is 10.5 Å². The van der Waals surface area contributed by atoms with Crippen molar-refractivity contribution in [2.45, 2.75) is 82.6 Å². The van der Waals surface area contributed by atoms with Crippen LogP contribution in [0.2, 0.25) is 0 Å². The molecule has 3 nitrogen and oxygen atoms in total. The van der Waals surface area contributed by atoms with Gasteiger partial charge in [0.25, 0.3) is 0 Å². The Morgan fingerprint density at radius 1 is 0.714 bits per heavy atom. The lowest BCUT2D eigenvalue weighted by Gasteiger charge is -2.43. The molecule has 1 saturated carbocycles. The summed E-state index contributed by atoms with van der Waals surface area (Å²) in [6, 6.07) is 0. The third-order valence-electron chi connectivity index (χ3n) is 5.56. The van der Waals surface area contributed by atoms with Gasteiger partial charge in [-0.15, -0.1) is 0 Å². The van der Waals surface area contributed by atoms with E-state index in [2.05, 4.69) is 4.90 Å². The van der Waals surface area contributed by atoms with E-state index in [1.54, 1.807) is 0 Å². The first-order valence-electron chi connectivity index (χ1n) is 9.40. The molecule has 3 heteroatoms. The van der Waals surface area contributed by atoms with Crippen molar-refractivity contribution < 1.29 is 4.74 Å². The van der Waals surface area contributed by atoms with E-state index in [1.807, 2.05) is 0 Å². The van der Waals surface area contributed by atoms with Gasteiger partial charge in [0.05, 0.1) is 6.61 Å². The van der Waals surface area contributed by atoms with Crippen LogP contribution in [0.5, 0.6) is 0 Å². The normalized spacial score (nSPS) is 27.3. The molecule has 124 valence electrons. The van der Waals surface area contributed by atoms with Gasteiger partial charge in [0, 0.05) is 31.8 Å². The molecule has 1 aliphatic heterocycles. The van der Waals surface area contributed by atoms with E-state index >= 15 is 0 Å². The van der Waals surface area contributed by atoms with Gasteiger partial charge in [0.1, 0.15) is 0 Å². The third-order valence-corrected chi connectivity index (χ3v) is 5.56. The van der Waals surface area contributed by atoms with Crippen molar-refractivity contribution in [3.63, 3.8) is 0 Å². The lowest BCUT2D eigenvalue weighted by molar-refractivity contribution is 0.0632. The Morgan fingerprint density at radius 3 is 1.86 bits per heavy atom. The Kier molecular flexibility index (Phi) is 8.05. The van der Waals surface area contributed by atoms with Crippen molar-refractivity contribution >= 4 is 0 Å². The highest BCUT2D eigenvalue weighted by atomic mass is 16.5. The Hall–Kier alpha value is -0.120. The lowest BCUT2D eigenvalue weighted by atomic mass is 9.83. The largest absolute Gasteiger partial charge is 0.380 e. The predicted molar refractivity (Wildman–Crippen MR) is 89.6 cm³/mol. The smallest absolute Gasteiger partial charge is 0.0593 e. The summed E-state index contributed by atoms with van der Waals surface area (Å²) in [7, 11) is 0. The predicted octanol–water partition coefficient (Wildman–Crippen LogP) is 3.71. The Morgan fingerprint density at radius 2 is 1.29 bits per heavy atom. The zero-order chi connectivity index (χ0) is 14.8. The van der Waals surface area contributed by atoms with E-state index in [9.17, 15) is 0 Å². The Balaban J connectivity index is 1.98. The van der Waals surface area contributed by atoms with Crippen molar-refractivity contribution in [3.8, 4) is 0 Å². The van der Waals surface area contributed by atoms with Crippen LogP contribution >= 0.6 is 0 Å². The summed E-state index contributed by atoms with van der Waals surface area (Å²) in [5.74, 6) is 0. The second-order valence-corrected chi connectivity index (χ2v) is 7.06. The van der Waals surface area contributed by atoms with E-state index in [4.69, 9.17) is 10.5 Å². The van der Waals surface area contributed by atoms with Gasteiger partial charge in [-0.05, 0) is 19.3 Å². The van der Waals surface area contributed by atoms with Gasteiger partial charge in [-0.3, -0.25) is 4.90 Å². The number of nitrogens with two attached hydrogens (primary N) is 1. The van der Waals surface area contributed by atoms with E-state index in [-0.39, 0.29) is 5.54 Å². The summed E-state index contributed by atoms with van der Waals surface area (Å²) in [5.41, 5.74) is 6.57. The zero-order valence-electron chi connectivity index (χ0n) is 14.0. The highest BCUT2D eigenvalue weighted by Gasteiger charge is 2.34. The molecule has 0 amide bonds. The van der Waals surface area contributed by atoms with Crippen molar-refractivity contribution in [1.29, 1.82) is 0 Å². The fourth-order valence-corrected chi connectivity index (χ4v) is 4.14. The molecular weight excluding hydrogens is 260 g/mol. The van der Waals surface area contributed by atoms with Crippen LogP contribution in [-0.4, -0.2) is 43.3 Å². The van der Waals surface area contributed by atoms with Crippen LogP contribution in [0.4, 0.5) is 0 Å². The van der Waals surface area contributed by atoms with E-state index in [0.29, 0.717) is 0 Å². The summed E-state index contributed by atoms with van der Waals surface area (Å²) in [6.07, 6.45) is 16.4. The van der Waals surface area contributed by atoms with Gasteiger partial charge >= 0.3 is 0 Å². The SMILES string of the molecule is NCC1(N2CCCOCC2)CCCCCCCCCCC1. The van der Waals surface area contributed by atoms with Gasteiger partial charge in [-0.1, -0.05) is 57.8 Å². The Labute approximate surface area is 131 Å². The third kappa shape index (κ3) is 5.54. The summed E-state index contributed by atoms with van der Waals surface area (Å²) < 4.78 is 5.66. The molecule has 0 aromatic rings. The molecular formula is C18H36N2O. The summed E-state index contributed by atoms with van der Waals surface area (Å²) >= 11 is 0. The van der Waals surface area contributed by atoms with Crippen molar-refractivity contribution in [2.75, 3.05) is 32.8 Å². The molecule has 2 rings (SSSR count). The average Bonchev–Trinajstić information content (AvgIpc) is 2.78. The lowest BCUT2D eigenvalue weighted by Crippen LogP contribution is -2.54.